The van der Waals surface area contributed by atoms with Gasteiger partial charge in [-0.3, -0.25) is 4.90 Å². The highest BCUT2D eigenvalue weighted by molar-refractivity contribution is 7.99. The van der Waals surface area contributed by atoms with Gasteiger partial charge >= 0.3 is 0 Å². The number of thioether (sulfide) groups is 1. The van der Waals surface area contributed by atoms with Crippen molar-refractivity contribution in [3.8, 4) is 0 Å². The number of furan rings is 1. The van der Waals surface area contributed by atoms with Crippen LogP contribution in [0.2, 0.25) is 0 Å². The minimum Gasteiger partial charge on any atom is -0.467 e. The van der Waals surface area contributed by atoms with E-state index in [1.807, 2.05) is 12.1 Å². The van der Waals surface area contributed by atoms with Crippen molar-refractivity contribution in [3.63, 3.8) is 0 Å². The summed E-state index contributed by atoms with van der Waals surface area (Å²) in [6.07, 6.45) is 4.39. The fourth-order valence-electron chi connectivity index (χ4n) is 4.64. The quantitative estimate of drug-likeness (QED) is 0.716. The number of rotatable bonds is 6. The average molecular weight is 395 g/mol. The molecule has 2 N–H and O–H groups in total. The minimum atomic E-state index is 0.630. The number of nitrogens with one attached hydrogen (secondary N) is 2. The van der Waals surface area contributed by atoms with Gasteiger partial charge in [0.25, 0.3) is 0 Å². The first-order valence-corrected chi connectivity index (χ1v) is 11.4. The second-order valence-corrected chi connectivity index (χ2v) is 9.38. The normalized spacial score (nSPS) is 31.7. The van der Waals surface area contributed by atoms with Crippen molar-refractivity contribution in [2.24, 2.45) is 11.8 Å². The van der Waals surface area contributed by atoms with Crippen LogP contribution < -0.4 is 10.6 Å². The summed E-state index contributed by atoms with van der Waals surface area (Å²) in [5, 5.41) is 7.38. The molecule has 0 radical (unpaired) electrons. The van der Waals surface area contributed by atoms with Crippen LogP contribution in [0.1, 0.15) is 18.6 Å². The summed E-state index contributed by atoms with van der Waals surface area (Å²) in [6.45, 7) is 8.01. The molecule has 0 aliphatic carbocycles. The highest BCUT2D eigenvalue weighted by Gasteiger charge is 2.40. The number of piperidine rings is 3. The minimum absolute atomic E-state index is 0.630. The topological polar surface area (TPSA) is 43.7 Å². The lowest BCUT2D eigenvalue weighted by Gasteiger charge is -2.51. The average Bonchev–Trinajstić information content (AvgIpc) is 3.20. The Morgan fingerprint density at radius 2 is 2.15 bits per heavy atom. The van der Waals surface area contributed by atoms with Crippen LogP contribution in [0, 0.1) is 11.8 Å². The summed E-state index contributed by atoms with van der Waals surface area (Å²) in [5.41, 5.74) is 0. The third-order valence-electron chi connectivity index (χ3n) is 6.11. The van der Waals surface area contributed by atoms with Gasteiger partial charge in [0.1, 0.15) is 5.76 Å². The molecule has 4 saturated heterocycles. The zero-order chi connectivity index (χ0) is 17.8. The summed E-state index contributed by atoms with van der Waals surface area (Å²) < 4.78 is 5.33. The Labute approximate surface area is 166 Å². The van der Waals surface area contributed by atoms with E-state index in [4.69, 9.17) is 16.6 Å². The molecule has 1 unspecified atom stereocenters. The zero-order valence-corrected chi connectivity index (χ0v) is 17.0. The number of nitrogens with zero attached hydrogens (tertiary/aromatic N) is 2. The molecule has 4 aliphatic rings. The zero-order valence-electron chi connectivity index (χ0n) is 15.4. The molecule has 4 atom stereocenters. The Morgan fingerprint density at radius 1 is 1.27 bits per heavy atom. The van der Waals surface area contributed by atoms with Crippen LogP contribution in [-0.4, -0.2) is 71.7 Å². The lowest BCUT2D eigenvalue weighted by Crippen LogP contribution is -2.59. The van der Waals surface area contributed by atoms with Crippen LogP contribution in [-0.2, 0) is 6.54 Å². The van der Waals surface area contributed by atoms with E-state index in [1.54, 1.807) is 6.26 Å². The van der Waals surface area contributed by atoms with Gasteiger partial charge in [-0.05, 0) is 55.6 Å². The van der Waals surface area contributed by atoms with Crippen molar-refractivity contribution in [3.05, 3.63) is 24.2 Å². The lowest BCUT2D eigenvalue weighted by molar-refractivity contribution is -0.00942. The summed E-state index contributed by atoms with van der Waals surface area (Å²) in [6, 6.07) is 4.49. The van der Waals surface area contributed by atoms with Gasteiger partial charge in [0.2, 0.25) is 0 Å². The van der Waals surface area contributed by atoms with Gasteiger partial charge < -0.3 is 20.0 Å². The van der Waals surface area contributed by atoms with Crippen LogP contribution in [0.5, 0.6) is 0 Å². The van der Waals surface area contributed by atoms with E-state index in [0.717, 1.165) is 29.3 Å². The monoisotopic (exact) mass is 394 g/mol. The van der Waals surface area contributed by atoms with E-state index in [0.29, 0.717) is 12.6 Å². The molecular formula is C19H30N4OS2. The molecule has 5 rings (SSSR count). The fourth-order valence-corrected chi connectivity index (χ4v) is 5.77. The van der Waals surface area contributed by atoms with Crippen LogP contribution >= 0.6 is 24.0 Å². The molecule has 4 fully saturated rings. The number of thiocarbonyl (C=S) groups is 1. The van der Waals surface area contributed by atoms with Gasteiger partial charge in [-0.1, -0.05) is 0 Å². The molecule has 0 saturated carbocycles. The van der Waals surface area contributed by atoms with E-state index in [1.165, 1.54) is 57.1 Å². The van der Waals surface area contributed by atoms with Crippen LogP contribution in [0.3, 0.4) is 0 Å². The molecule has 144 valence electrons. The second-order valence-electron chi connectivity index (χ2n) is 7.75. The molecule has 1 aromatic heterocycles. The van der Waals surface area contributed by atoms with Gasteiger partial charge in [0.05, 0.1) is 12.8 Å². The van der Waals surface area contributed by atoms with Crippen LogP contribution in [0.4, 0.5) is 0 Å². The first-order chi connectivity index (χ1) is 12.8. The van der Waals surface area contributed by atoms with E-state index in [2.05, 4.69) is 32.2 Å². The maximum absolute atomic E-state index is 5.42. The number of fused-ring (bicyclic) bond motifs is 3. The predicted molar refractivity (Wildman–Crippen MR) is 111 cm³/mol. The van der Waals surface area contributed by atoms with Gasteiger partial charge in [-0.25, -0.2) is 0 Å². The van der Waals surface area contributed by atoms with E-state index < -0.39 is 0 Å². The molecule has 0 spiro atoms. The largest absolute Gasteiger partial charge is 0.467 e. The van der Waals surface area contributed by atoms with Crippen molar-refractivity contribution < 1.29 is 4.42 Å². The first-order valence-electron chi connectivity index (χ1n) is 9.86. The smallest absolute Gasteiger partial charge is 0.166 e. The molecule has 7 heteroatoms. The summed E-state index contributed by atoms with van der Waals surface area (Å²) in [7, 11) is 0. The van der Waals surface area contributed by atoms with E-state index in [9.17, 15) is 0 Å². The molecule has 5 heterocycles. The third kappa shape index (κ3) is 4.74. The Balaban J connectivity index is 1.19. The molecule has 4 aliphatic heterocycles. The SMILES string of the molecule is S=C(NCc1ccco1)NC[C@@H]1C[C@H]2CCN1C[C@@H]2CN1CCSCC1. The first kappa shape index (κ1) is 18.6. The maximum Gasteiger partial charge on any atom is 0.166 e. The number of hydrogen-bond donors (Lipinski definition) is 2. The molecular weight excluding hydrogens is 364 g/mol. The third-order valence-corrected chi connectivity index (χ3v) is 7.34. The predicted octanol–water partition coefficient (Wildman–Crippen LogP) is 2.00. The van der Waals surface area contributed by atoms with Crippen LogP contribution in [0.15, 0.2) is 22.8 Å². The molecule has 0 aromatic carbocycles. The van der Waals surface area contributed by atoms with Crippen molar-refractivity contribution in [2.75, 3.05) is 50.8 Å². The Bertz CT molecular complexity index is 576. The van der Waals surface area contributed by atoms with Gasteiger partial charge in [-0.2, -0.15) is 11.8 Å². The van der Waals surface area contributed by atoms with Gasteiger partial charge in [-0.15, -0.1) is 0 Å². The van der Waals surface area contributed by atoms with E-state index >= 15 is 0 Å². The van der Waals surface area contributed by atoms with Crippen molar-refractivity contribution >= 4 is 29.1 Å². The van der Waals surface area contributed by atoms with Crippen molar-refractivity contribution in [1.29, 1.82) is 0 Å². The Hall–Kier alpha value is -0.760. The molecule has 0 amide bonds. The fraction of sp³-hybridized carbons (Fsp3) is 0.737. The van der Waals surface area contributed by atoms with Crippen LogP contribution in [0.25, 0.3) is 0 Å². The molecule has 1 aromatic rings. The standard InChI is InChI=1S/C19H30N4OS2/c25-19(21-12-18-2-1-7-24-18)20-11-17-10-15-3-4-23(17)14-16(15)13-22-5-8-26-9-6-22/h1-2,7,15-17H,3-6,8-14H2,(H2,20,21,25)/t15-,16+,17+/m1/s1. The summed E-state index contributed by atoms with van der Waals surface area (Å²) in [5.74, 6) is 5.30. The summed E-state index contributed by atoms with van der Waals surface area (Å²) in [4.78, 5) is 5.40. The second kappa shape index (κ2) is 8.95. The van der Waals surface area contributed by atoms with E-state index in [-0.39, 0.29) is 0 Å². The van der Waals surface area contributed by atoms with Gasteiger partial charge in [0.15, 0.2) is 5.11 Å². The van der Waals surface area contributed by atoms with Gasteiger partial charge in [0, 0.05) is 50.3 Å². The Morgan fingerprint density at radius 3 is 2.88 bits per heavy atom. The van der Waals surface area contributed by atoms with Crippen molar-refractivity contribution in [2.45, 2.75) is 25.4 Å². The highest BCUT2D eigenvalue weighted by atomic mass is 32.2. The highest BCUT2D eigenvalue weighted by Crippen LogP contribution is 2.36. The summed E-state index contributed by atoms with van der Waals surface area (Å²) >= 11 is 7.53. The molecule has 5 nitrogen and oxygen atoms in total. The maximum atomic E-state index is 5.42. The molecule has 2 bridgehead atoms. The molecule has 26 heavy (non-hydrogen) atoms. The van der Waals surface area contributed by atoms with Crippen molar-refractivity contribution in [1.82, 2.24) is 20.4 Å². The lowest BCUT2D eigenvalue weighted by atomic mass is 9.75. The number of hydrogen-bond acceptors (Lipinski definition) is 5. The Kier molecular flexibility index (Phi) is 6.40.